The molecule has 1 atom stereocenters. The summed E-state index contributed by atoms with van der Waals surface area (Å²) in [7, 11) is 0. The van der Waals surface area contributed by atoms with E-state index in [0.717, 1.165) is 5.82 Å². The van der Waals surface area contributed by atoms with E-state index in [1.54, 1.807) is 12.5 Å². The smallest absolute Gasteiger partial charge is 0.129 e. The number of nitrogens with zero attached hydrogens (tertiary/aromatic N) is 2. The summed E-state index contributed by atoms with van der Waals surface area (Å²) in [4.78, 5) is 8.07. The average molecular weight is 191 g/mol. The maximum atomic E-state index is 4.17. The molecule has 1 aromatic rings. The zero-order valence-corrected chi connectivity index (χ0v) is 8.83. The molecule has 3 heteroatoms. The molecular formula is C11H17N3. The lowest BCUT2D eigenvalue weighted by Crippen LogP contribution is -2.18. The van der Waals surface area contributed by atoms with E-state index >= 15 is 0 Å². The first-order chi connectivity index (χ1) is 6.66. The minimum absolute atomic E-state index is 0.491. The van der Waals surface area contributed by atoms with Crippen molar-refractivity contribution in [3.63, 3.8) is 0 Å². The van der Waals surface area contributed by atoms with E-state index in [2.05, 4.69) is 29.1 Å². The highest BCUT2D eigenvalue weighted by Crippen LogP contribution is 2.37. The van der Waals surface area contributed by atoms with Crippen molar-refractivity contribution in [3.8, 4) is 0 Å². The monoisotopic (exact) mass is 191 g/mol. The van der Waals surface area contributed by atoms with Crippen LogP contribution in [0.2, 0.25) is 0 Å². The van der Waals surface area contributed by atoms with Gasteiger partial charge in [0.2, 0.25) is 0 Å². The molecule has 1 aliphatic rings. The van der Waals surface area contributed by atoms with Crippen molar-refractivity contribution in [1.29, 1.82) is 0 Å². The van der Waals surface area contributed by atoms with Gasteiger partial charge in [-0.1, -0.05) is 13.8 Å². The molecular weight excluding hydrogens is 174 g/mol. The van der Waals surface area contributed by atoms with Gasteiger partial charge in [0.05, 0.1) is 0 Å². The fraction of sp³-hybridized carbons (Fsp3) is 0.636. The van der Waals surface area contributed by atoms with Crippen LogP contribution in [0.4, 0.5) is 5.82 Å². The van der Waals surface area contributed by atoms with Gasteiger partial charge < -0.3 is 5.32 Å². The van der Waals surface area contributed by atoms with Crippen molar-refractivity contribution in [2.75, 3.05) is 5.32 Å². The molecule has 1 fully saturated rings. The van der Waals surface area contributed by atoms with Gasteiger partial charge in [-0.25, -0.2) is 9.97 Å². The third kappa shape index (κ3) is 2.22. The van der Waals surface area contributed by atoms with Gasteiger partial charge in [-0.3, -0.25) is 0 Å². The van der Waals surface area contributed by atoms with E-state index in [1.807, 2.05) is 6.07 Å². The van der Waals surface area contributed by atoms with Gasteiger partial charge in [0.25, 0.3) is 0 Å². The fourth-order valence-corrected chi connectivity index (χ4v) is 2.14. The predicted octanol–water partition coefficient (Wildman–Crippen LogP) is 2.47. The van der Waals surface area contributed by atoms with Gasteiger partial charge in [-0.15, -0.1) is 0 Å². The third-order valence-corrected chi connectivity index (χ3v) is 2.90. The first-order valence-electron chi connectivity index (χ1n) is 5.18. The quantitative estimate of drug-likeness (QED) is 0.780. The minimum Gasteiger partial charge on any atom is -0.367 e. The van der Waals surface area contributed by atoms with Crippen LogP contribution >= 0.6 is 0 Å². The second-order valence-corrected chi connectivity index (χ2v) is 4.84. The highest BCUT2D eigenvalue weighted by Gasteiger charge is 2.30. The normalized spacial score (nSPS) is 24.9. The molecule has 1 saturated carbocycles. The van der Waals surface area contributed by atoms with Crippen LogP contribution in [-0.4, -0.2) is 16.0 Å². The van der Waals surface area contributed by atoms with Crippen LogP contribution in [0.25, 0.3) is 0 Å². The molecule has 1 unspecified atom stereocenters. The summed E-state index contributed by atoms with van der Waals surface area (Å²) < 4.78 is 0. The van der Waals surface area contributed by atoms with Crippen molar-refractivity contribution in [2.24, 2.45) is 5.41 Å². The maximum Gasteiger partial charge on any atom is 0.129 e. The molecule has 2 rings (SSSR count). The Kier molecular flexibility index (Phi) is 2.40. The molecule has 0 bridgehead atoms. The molecule has 0 saturated heterocycles. The first kappa shape index (κ1) is 9.44. The molecule has 14 heavy (non-hydrogen) atoms. The molecule has 0 amide bonds. The van der Waals surface area contributed by atoms with Crippen molar-refractivity contribution in [2.45, 2.75) is 39.2 Å². The lowest BCUT2D eigenvalue weighted by atomic mass is 9.92. The lowest BCUT2D eigenvalue weighted by Gasteiger charge is -2.17. The molecule has 1 aliphatic carbocycles. The minimum atomic E-state index is 0.491. The van der Waals surface area contributed by atoms with Crippen LogP contribution in [-0.2, 0) is 0 Å². The van der Waals surface area contributed by atoms with Crippen LogP contribution in [0.5, 0.6) is 0 Å². The molecule has 76 valence electrons. The van der Waals surface area contributed by atoms with Crippen molar-refractivity contribution in [3.05, 3.63) is 18.6 Å². The van der Waals surface area contributed by atoms with Gasteiger partial charge >= 0.3 is 0 Å². The van der Waals surface area contributed by atoms with E-state index in [1.165, 1.54) is 19.3 Å². The van der Waals surface area contributed by atoms with E-state index in [4.69, 9.17) is 0 Å². The zero-order valence-electron chi connectivity index (χ0n) is 8.83. The van der Waals surface area contributed by atoms with E-state index in [9.17, 15) is 0 Å². The topological polar surface area (TPSA) is 37.8 Å². The second kappa shape index (κ2) is 3.56. The van der Waals surface area contributed by atoms with Gasteiger partial charge in [0.1, 0.15) is 12.1 Å². The number of rotatable bonds is 2. The summed E-state index contributed by atoms with van der Waals surface area (Å²) >= 11 is 0. The number of anilines is 1. The molecule has 1 N–H and O–H groups in total. The van der Waals surface area contributed by atoms with Crippen LogP contribution in [0.15, 0.2) is 18.6 Å². The third-order valence-electron chi connectivity index (χ3n) is 2.90. The molecule has 0 aliphatic heterocycles. The van der Waals surface area contributed by atoms with E-state index in [-0.39, 0.29) is 0 Å². The van der Waals surface area contributed by atoms with Crippen molar-refractivity contribution < 1.29 is 0 Å². The van der Waals surface area contributed by atoms with Crippen molar-refractivity contribution in [1.82, 2.24) is 9.97 Å². The Hall–Kier alpha value is -1.12. The van der Waals surface area contributed by atoms with Crippen LogP contribution in [0, 0.1) is 5.41 Å². The highest BCUT2D eigenvalue weighted by molar-refractivity contribution is 5.33. The predicted molar refractivity (Wildman–Crippen MR) is 57.1 cm³/mol. The Bertz CT molecular complexity index is 295. The Morgan fingerprint density at radius 2 is 2.36 bits per heavy atom. The molecule has 1 heterocycles. The summed E-state index contributed by atoms with van der Waals surface area (Å²) in [5.41, 5.74) is 0.491. The Balaban J connectivity index is 1.94. The Morgan fingerprint density at radius 1 is 1.50 bits per heavy atom. The maximum absolute atomic E-state index is 4.17. The van der Waals surface area contributed by atoms with Gasteiger partial charge in [0.15, 0.2) is 0 Å². The number of hydrogen-bond acceptors (Lipinski definition) is 3. The molecule has 3 nitrogen and oxygen atoms in total. The van der Waals surface area contributed by atoms with Gasteiger partial charge in [-0.2, -0.15) is 0 Å². The van der Waals surface area contributed by atoms with Gasteiger partial charge in [0, 0.05) is 12.2 Å². The first-order valence-corrected chi connectivity index (χ1v) is 5.18. The molecule has 0 spiro atoms. The Labute approximate surface area is 85.0 Å². The zero-order chi connectivity index (χ0) is 10.0. The number of aromatic nitrogens is 2. The lowest BCUT2D eigenvalue weighted by molar-refractivity contribution is 0.378. The second-order valence-electron chi connectivity index (χ2n) is 4.84. The SMILES string of the molecule is CC1(C)CCC(Nc2ccncn2)C1. The van der Waals surface area contributed by atoms with Crippen LogP contribution in [0.1, 0.15) is 33.1 Å². The average Bonchev–Trinajstić information content (AvgIpc) is 2.47. The summed E-state index contributed by atoms with van der Waals surface area (Å²) in [6.07, 6.45) is 7.14. The van der Waals surface area contributed by atoms with E-state index in [0.29, 0.717) is 11.5 Å². The van der Waals surface area contributed by atoms with Gasteiger partial charge in [-0.05, 0) is 30.7 Å². The molecule has 0 radical (unpaired) electrons. The number of hydrogen-bond donors (Lipinski definition) is 1. The Morgan fingerprint density at radius 3 is 2.93 bits per heavy atom. The standard InChI is InChI=1S/C11H17N3/c1-11(2)5-3-9(7-11)14-10-4-6-12-8-13-10/h4,6,8-9H,3,5,7H2,1-2H3,(H,12,13,14). The molecule has 1 aromatic heterocycles. The fourth-order valence-electron chi connectivity index (χ4n) is 2.14. The van der Waals surface area contributed by atoms with E-state index < -0.39 is 0 Å². The summed E-state index contributed by atoms with van der Waals surface area (Å²) in [6.45, 7) is 4.66. The summed E-state index contributed by atoms with van der Waals surface area (Å²) in [5.74, 6) is 0.947. The van der Waals surface area contributed by atoms with Crippen LogP contribution < -0.4 is 5.32 Å². The summed E-state index contributed by atoms with van der Waals surface area (Å²) in [6, 6.07) is 2.51. The number of nitrogens with one attached hydrogen (secondary N) is 1. The molecule has 0 aromatic carbocycles. The van der Waals surface area contributed by atoms with Crippen molar-refractivity contribution >= 4 is 5.82 Å². The van der Waals surface area contributed by atoms with Crippen LogP contribution in [0.3, 0.4) is 0 Å². The largest absolute Gasteiger partial charge is 0.367 e. The summed E-state index contributed by atoms with van der Waals surface area (Å²) in [5, 5.41) is 3.45. The highest BCUT2D eigenvalue weighted by atomic mass is 15.0.